The van der Waals surface area contributed by atoms with E-state index < -0.39 is 0 Å². The summed E-state index contributed by atoms with van der Waals surface area (Å²) in [6, 6.07) is 9.04. The van der Waals surface area contributed by atoms with Gasteiger partial charge in [-0.2, -0.15) is 0 Å². The Balaban J connectivity index is 2.10. The zero-order valence-corrected chi connectivity index (χ0v) is 10.4. The van der Waals surface area contributed by atoms with E-state index in [0.717, 1.165) is 5.56 Å². The van der Waals surface area contributed by atoms with Crippen molar-refractivity contribution in [3.8, 4) is 0 Å². The Morgan fingerprint density at radius 2 is 2.17 bits per heavy atom. The fourth-order valence-electron chi connectivity index (χ4n) is 1.81. The van der Waals surface area contributed by atoms with Gasteiger partial charge in [-0.25, -0.2) is 0 Å². The molecule has 1 heterocycles. The van der Waals surface area contributed by atoms with Crippen molar-refractivity contribution in [3.05, 3.63) is 53.5 Å². The Hall–Kier alpha value is -2.23. The van der Waals surface area contributed by atoms with Gasteiger partial charge in [0.25, 0.3) is 5.91 Å². The number of hydrogen-bond acceptors (Lipinski definition) is 3. The van der Waals surface area contributed by atoms with Crippen molar-refractivity contribution < 1.29 is 9.21 Å². The van der Waals surface area contributed by atoms with Crippen LogP contribution in [-0.2, 0) is 0 Å². The van der Waals surface area contributed by atoms with E-state index in [4.69, 9.17) is 10.2 Å². The van der Waals surface area contributed by atoms with Crippen molar-refractivity contribution in [2.45, 2.75) is 19.9 Å². The van der Waals surface area contributed by atoms with Crippen LogP contribution >= 0.6 is 0 Å². The van der Waals surface area contributed by atoms with Gasteiger partial charge in [-0.3, -0.25) is 4.79 Å². The van der Waals surface area contributed by atoms with Gasteiger partial charge in [0.15, 0.2) is 0 Å². The third-order valence-electron chi connectivity index (χ3n) is 2.86. The zero-order valence-electron chi connectivity index (χ0n) is 10.4. The summed E-state index contributed by atoms with van der Waals surface area (Å²) in [5.74, 6) is 0.475. The molecule has 0 fully saturated rings. The van der Waals surface area contributed by atoms with Gasteiger partial charge in [0.2, 0.25) is 0 Å². The Bertz CT molecular complexity index is 560. The van der Waals surface area contributed by atoms with Gasteiger partial charge < -0.3 is 15.5 Å². The number of aryl methyl sites for hydroxylation is 1. The number of carbonyl (C=O) groups excluding carboxylic acids is 1. The van der Waals surface area contributed by atoms with Crippen LogP contribution in [0.1, 0.15) is 34.6 Å². The van der Waals surface area contributed by atoms with E-state index >= 15 is 0 Å². The molecule has 4 nitrogen and oxygen atoms in total. The van der Waals surface area contributed by atoms with Crippen LogP contribution in [0.3, 0.4) is 0 Å². The molecule has 0 aliphatic rings. The zero-order chi connectivity index (χ0) is 13.1. The highest BCUT2D eigenvalue weighted by Gasteiger charge is 2.14. The summed E-state index contributed by atoms with van der Waals surface area (Å²) in [6.07, 6.45) is 1.51. The SMILES string of the molecule is Cc1occc1C(=O)NC(C)c1cccc(N)c1. The number of benzene rings is 1. The van der Waals surface area contributed by atoms with E-state index in [2.05, 4.69) is 5.32 Å². The first kappa shape index (κ1) is 12.2. The number of furan rings is 1. The highest BCUT2D eigenvalue weighted by atomic mass is 16.3. The van der Waals surface area contributed by atoms with Crippen LogP contribution in [0.5, 0.6) is 0 Å². The molecule has 2 aromatic rings. The average molecular weight is 244 g/mol. The number of rotatable bonds is 3. The molecule has 1 aromatic heterocycles. The lowest BCUT2D eigenvalue weighted by atomic mass is 10.1. The fourth-order valence-corrected chi connectivity index (χ4v) is 1.81. The van der Waals surface area contributed by atoms with E-state index in [1.807, 2.05) is 31.2 Å². The van der Waals surface area contributed by atoms with Crippen molar-refractivity contribution in [2.75, 3.05) is 5.73 Å². The molecule has 0 bridgehead atoms. The second-order valence-electron chi connectivity index (χ2n) is 4.26. The van der Waals surface area contributed by atoms with E-state index in [1.54, 1.807) is 13.0 Å². The Kier molecular flexibility index (Phi) is 3.37. The molecule has 0 saturated carbocycles. The largest absolute Gasteiger partial charge is 0.469 e. The van der Waals surface area contributed by atoms with Crippen LogP contribution in [0, 0.1) is 6.92 Å². The van der Waals surface area contributed by atoms with Crippen molar-refractivity contribution in [2.24, 2.45) is 0 Å². The first-order chi connectivity index (χ1) is 8.58. The summed E-state index contributed by atoms with van der Waals surface area (Å²) in [4.78, 5) is 12.0. The minimum atomic E-state index is -0.142. The standard InChI is InChI=1S/C14H16N2O2/c1-9(11-4-3-5-12(15)8-11)16-14(17)13-6-7-18-10(13)2/h3-9H,15H2,1-2H3,(H,16,17). The van der Waals surface area contributed by atoms with Gasteiger partial charge in [-0.05, 0) is 37.6 Å². The molecule has 1 unspecified atom stereocenters. The van der Waals surface area contributed by atoms with E-state index in [0.29, 0.717) is 17.0 Å². The van der Waals surface area contributed by atoms with Crippen LogP contribution in [0.15, 0.2) is 41.0 Å². The number of hydrogen-bond donors (Lipinski definition) is 2. The Morgan fingerprint density at radius 3 is 2.78 bits per heavy atom. The number of nitrogens with one attached hydrogen (secondary N) is 1. The molecular formula is C14H16N2O2. The highest BCUT2D eigenvalue weighted by Crippen LogP contribution is 2.17. The smallest absolute Gasteiger partial charge is 0.255 e. The highest BCUT2D eigenvalue weighted by molar-refractivity contribution is 5.95. The van der Waals surface area contributed by atoms with Crippen LogP contribution in [-0.4, -0.2) is 5.91 Å². The van der Waals surface area contributed by atoms with Gasteiger partial charge in [0.05, 0.1) is 17.9 Å². The summed E-state index contributed by atoms with van der Waals surface area (Å²) in [6.45, 7) is 3.68. The molecular weight excluding hydrogens is 228 g/mol. The minimum absolute atomic E-state index is 0.102. The Labute approximate surface area is 106 Å². The minimum Gasteiger partial charge on any atom is -0.469 e. The normalized spacial score (nSPS) is 12.1. The van der Waals surface area contributed by atoms with Gasteiger partial charge in [-0.15, -0.1) is 0 Å². The number of anilines is 1. The van der Waals surface area contributed by atoms with E-state index in [1.165, 1.54) is 6.26 Å². The van der Waals surface area contributed by atoms with Gasteiger partial charge >= 0.3 is 0 Å². The maximum absolute atomic E-state index is 12.0. The number of nitrogen functional groups attached to an aromatic ring is 1. The molecule has 94 valence electrons. The molecule has 0 spiro atoms. The second-order valence-corrected chi connectivity index (χ2v) is 4.26. The Morgan fingerprint density at radius 1 is 1.39 bits per heavy atom. The van der Waals surface area contributed by atoms with E-state index in [-0.39, 0.29) is 11.9 Å². The van der Waals surface area contributed by atoms with Crippen molar-refractivity contribution >= 4 is 11.6 Å². The maximum atomic E-state index is 12.0. The summed E-state index contributed by atoms with van der Waals surface area (Å²) in [5, 5.41) is 2.91. The van der Waals surface area contributed by atoms with Crippen LogP contribution in [0.4, 0.5) is 5.69 Å². The molecule has 0 saturated heterocycles. The van der Waals surface area contributed by atoms with Crippen molar-refractivity contribution in [3.63, 3.8) is 0 Å². The number of nitrogens with two attached hydrogens (primary N) is 1. The van der Waals surface area contributed by atoms with Crippen molar-refractivity contribution in [1.29, 1.82) is 0 Å². The van der Waals surface area contributed by atoms with Crippen LogP contribution in [0.25, 0.3) is 0 Å². The van der Waals surface area contributed by atoms with Gasteiger partial charge in [0, 0.05) is 5.69 Å². The lowest BCUT2D eigenvalue weighted by Gasteiger charge is -2.14. The van der Waals surface area contributed by atoms with E-state index in [9.17, 15) is 4.79 Å². The third-order valence-corrected chi connectivity index (χ3v) is 2.86. The predicted octanol–water partition coefficient (Wildman–Crippen LogP) is 2.66. The molecule has 1 amide bonds. The first-order valence-electron chi connectivity index (χ1n) is 5.78. The third kappa shape index (κ3) is 2.53. The molecule has 0 aliphatic carbocycles. The molecule has 3 N–H and O–H groups in total. The lowest BCUT2D eigenvalue weighted by molar-refractivity contribution is 0.0938. The lowest BCUT2D eigenvalue weighted by Crippen LogP contribution is -2.26. The predicted molar refractivity (Wildman–Crippen MR) is 70.2 cm³/mol. The maximum Gasteiger partial charge on any atom is 0.255 e. The summed E-state index contributed by atoms with van der Waals surface area (Å²) in [7, 11) is 0. The monoisotopic (exact) mass is 244 g/mol. The molecule has 2 rings (SSSR count). The molecule has 0 aliphatic heterocycles. The first-order valence-corrected chi connectivity index (χ1v) is 5.78. The van der Waals surface area contributed by atoms with Crippen LogP contribution in [0.2, 0.25) is 0 Å². The molecule has 0 radical (unpaired) electrons. The average Bonchev–Trinajstić information content (AvgIpc) is 2.75. The van der Waals surface area contributed by atoms with Crippen molar-refractivity contribution in [1.82, 2.24) is 5.32 Å². The number of carbonyl (C=O) groups is 1. The molecule has 4 heteroatoms. The summed E-state index contributed by atoms with van der Waals surface area (Å²) in [5.41, 5.74) is 7.94. The second kappa shape index (κ2) is 4.96. The molecule has 1 atom stereocenters. The fraction of sp³-hybridized carbons (Fsp3) is 0.214. The summed E-state index contributed by atoms with van der Waals surface area (Å²) < 4.78 is 5.11. The van der Waals surface area contributed by atoms with Crippen LogP contribution < -0.4 is 11.1 Å². The van der Waals surface area contributed by atoms with Gasteiger partial charge in [-0.1, -0.05) is 12.1 Å². The molecule has 18 heavy (non-hydrogen) atoms. The molecule has 1 aromatic carbocycles. The number of amides is 1. The quantitative estimate of drug-likeness (QED) is 0.815. The van der Waals surface area contributed by atoms with Gasteiger partial charge in [0.1, 0.15) is 5.76 Å². The summed E-state index contributed by atoms with van der Waals surface area (Å²) >= 11 is 0. The topological polar surface area (TPSA) is 68.3 Å².